The zero-order valence-electron chi connectivity index (χ0n) is 15.7. The summed E-state index contributed by atoms with van der Waals surface area (Å²) in [5.74, 6) is 1.30. The predicted molar refractivity (Wildman–Crippen MR) is 108 cm³/mol. The molecule has 2 aromatic rings. The van der Waals surface area contributed by atoms with E-state index in [1.54, 1.807) is 14.2 Å². The first-order valence-electron chi connectivity index (χ1n) is 8.40. The predicted octanol–water partition coefficient (Wildman–Crippen LogP) is 4.45. The minimum atomic E-state index is -0.379. The third-order valence-electron chi connectivity index (χ3n) is 4.18. The Bertz CT molecular complexity index is 780. The monoisotopic (exact) mass is 420 g/mol. The molecular formula is C20H25BrN2O3. The van der Waals surface area contributed by atoms with Crippen molar-refractivity contribution < 1.29 is 14.3 Å². The molecule has 2 N–H and O–H groups in total. The SMILES string of the molecule is COc1ccc(C(C)NC(C)C(=O)Nc2cc(C)ccc2OC)cc1Br. The molecule has 0 spiro atoms. The van der Waals surface area contributed by atoms with Crippen LogP contribution in [0.5, 0.6) is 11.5 Å². The number of benzene rings is 2. The third-order valence-corrected chi connectivity index (χ3v) is 4.80. The first-order chi connectivity index (χ1) is 12.3. The average Bonchev–Trinajstić information content (AvgIpc) is 2.61. The number of rotatable bonds is 7. The van der Waals surface area contributed by atoms with E-state index in [2.05, 4.69) is 26.6 Å². The summed E-state index contributed by atoms with van der Waals surface area (Å²) < 4.78 is 11.4. The molecule has 0 fully saturated rings. The Morgan fingerprint density at radius 3 is 2.31 bits per heavy atom. The van der Waals surface area contributed by atoms with Gasteiger partial charge in [0.2, 0.25) is 5.91 Å². The highest BCUT2D eigenvalue weighted by Gasteiger charge is 2.18. The Morgan fingerprint density at radius 2 is 1.69 bits per heavy atom. The van der Waals surface area contributed by atoms with Crippen LogP contribution in [0.2, 0.25) is 0 Å². The van der Waals surface area contributed by atoms with Gasteiger partial charge in [-0.2, -0.15) is 0 Å². The first-order valence-corrected chi connectivity index (χ1v) is 9.20. The van der Waals surface area contributed by atoms with Gasteiger partial charge in [-0.05, 0) is 72.1 Å². The van der Waals surface area contributed by atoms with Crippen molar-refractivity contribution in [3.63, 3.8) is 0 Å². The third kappa shape index (κ3) is 4.99. The van der Waals surface area contributed by atoms with Gasteiger partial charge in [0.05, 0.1) is 30.4 Å². The normalized spacial score (nSPS) is 13.0. The van der Waals surface area contributed by atoms with E-state index < -0.39 is 0 Å². The molecule has 6 heteroatoms. The average molecular weight is 421 g/mol. The summed E-state index contributed by atoms with van der Waals surface area (Å²) >= 11 is 3.49. The summed E-state index contributed by atoms with van der Waals surface area (Å²) in [5, 5.41) is 6.25. The number of nitrogens with one attached hydrogen (secondary N) is 2. The quantitative estimate of drug-likeness (QED) is 0.694. The van der Waals surface area contributed by atoms with Gasteiger partial charge in [-0.15, -0.1) is 0 Å². The Hall–Kier alpha value is -2.05. The zero-order chi connectivity index (χ0) is 19.3. The maximum atomic E-state index is 12.6. The smallest absolute Gasteiger partial charge is 0.241 e. The van der Waals surface area contributed by atoms with E-state index in [-0.39, 0.29) is 18.0 Å². The van der Waals surface area contributed by atoms with Gasteiger partial charge in [-0.1, -0.05) is 12.1 Å². The number of carbonyl (C=O) groups excluding carboxylic acids is 1. The van der Waals surface area contributed by atoms with Crippen molar-refractivity contribution in [1.82, 2.24) is 5.32 Å². The minimum Gasteiger partial charge on any atom is -0.496 e. The van der Waals surface area contributed by atoms with Crippen molar-refractivity contribution >= 4 is 27.5 Å². The molecule has 0 bridgehead atoms. The molecule has 0 aromatic heterocycles. The maximum Gasteiger partial charge on any atom is 0.241 e. The number of hydrogen-bond acceptors (Lipinski definition) is 4. The highest BCUT2D eigenvalue weighted by Crippen LogP contribution is 2.28. The fourth-order valence-corrected chi connectivity index (χ4v) is 3.22. The number of amides is 1. The summed E-state index contributed by atoms with van der Waals surface area (Å²) in [7, 11) is 3.22. The topological polar surface area (TPSA) is 59.6 Å². The van der Waals surface area contributed by atoms with Crippen LogP contribution >= 0.6 is 15.9 Å². The van der Waals surface area contributed by atoms with E-state index >= 15 is 0 Å². The van der Waals surface area contributed by atoms with Gasteiger partial charge >= 0.3 is 0 Å². The van der Waals surface area contributed by atoms with E-state index in [0.717, 1.165) is 21.3 Å². The van der Waals surface area contributed by atoms with Crippen LogP contribution in [0.3, 0.4) is 0 Å². The van der Waals surface area contributed by atoms with E-state index in [1.165, 1.54) is 0 Å². The zero-order valence-corrected chi connectivity index (χ0v) is 17.3. The van der Waals surface area contributed by atoms with Crippen molar-refractivity contribution in [1.29, 1.82) is 0 Å². The molecule has 0 saturated heterocycles. The fraction of sp³-hybridized carbons (Fsp3) is 0.350. The Morgan fingerprint density at radius 1 is 1.04 bits per heavy atom. The second-order valence-electron chi connectivity index (χ2n) is 6.20. The van der Waals surface area contributed by atoms with Gasteiger partial charge in [0.25, 0.3) is 0 Å². The molecule has 0 saturated carbocycles. The van der Waals surface area contributed by atoms with Gasteiger partial charge < -0.3 is 14.8 Å². The molecule has 2 rings (SSSR count). The van der Waals surface area contributed by atoms with Crippen molar-refractivity contribution in [2.75, 3.05) is 19.5 Å². The molecule has 0 aliphatic carbocycles. The molecule has 0 aliphatic rings. The number of halogens is 1. The molecule has 1 amide bonds. The number of anilines is 1. The van der Waals surface area contributed by atoms with Crippen molar-refractivity contribution in [3.8, 4) is 11.5 Å². The number of hydrogen-bond donors (Lipinski definition) is 2. The van der Waals surface area contributed by atoms with E-state index in [4.69, 9.17) is 9.47 Å². The maximum absolute atomic E-state index is 12.6. The summed E-state index contributed by atoms with van der Waals surface area (Å²) in [6, 6.07) is 11.2. The van der Waals surface area contributed by atoms with Crippen molar-refractivity contribution in [2.24, 2.45) is 0 Å². The Labute approximate surface area is 163 Å². The molecule has 5 nitrogen and oxygen atoms in total. The summed E-state index contributed by atoms with van der Waals surface area (Å²) in [6.45, 7) is 5.83. The fourth-order valence-electron chi connectivity index (χ4n) is 2.66. The number of ether oxygens (including phenoxy) is 2. The van der Waals surface area contributed by atoms with Gasteiger partial charge in [0.1, 0.15) is 11.5 Å². The molecule has 2 atom stereocenters. The number of methoxy groups -OCH3 is 2. The van der Waals surface area contributed by atoms with Crippen LogP contribution in [0.15, 0.2) is 40.9 Å². The minimum absolute atomic E-state index is 0.00244. The summed E-state index contributed by atoms with van der Waals surface area (Å²) in [6.07, 6.45) is 0. The van der Waals surface area contributed by atoms with Gasteiger partial charge in [-0.25, -0.2) is 0 Å². The van der Waals surface area contributed by atoms with E-state index in [9.17, 15) is 4.79 Å². The van der Waals surface area contributed by atoms with Crippen LogP contribution in [0.4, 0.5) is 5.69 Å². The molecule has 140 valence electrons. The van der Waals surface area contributed by atoms with Gasteiger partial charge in [0.15, 0.2) is 0 Å². The molecule has 2 aromatic carbocycles. The first kappa shape index (κ1) is 20.3. The highest BCUT2D eigenvalue weighted by molar-refractivity contribution is 9.10. The van der Waals surface area contributed by atoms with Gasteiger partial charge in [-0.3, -0.25) is 10.1 Å². The Kier molecular flexibility index (Phi) is 7.06. The summed E-state index contributed by atoms with van der Waals surface area (Å²) in [5.41, 5.74) is 2.79. The van der Waals surface area contributed by atoms with Crippen LogP contribution in [-0.4, -0.2) is 26.2 Å². The lowest BCUT2D eigenvalue weighted by Gasteiger charge is -2.21. The largest absolute Gasteiger partial charge is 0.496 e. The van der Waals surface area contributed by atoms with Crippen molar-refractivity contribution in [2.45, 2.75) is 32.9 Å². The lowest BCUT2D eigenvalue weighted by molar-refractivity contribution is -0.117. The lowest BCUT2D eigenvalue weighted by atomic mass is 10.1. The second-order valence-corrected chi connectivity index (χ2v) is 7.05. The second kappa shape index (κ2) is 9.05. The molecular weight excluding hydrogens is 396 g/mol. The number of aryl methyl sites for hydroxylation is 1. The van der Waals surface area contributed by atoms with Crippen LogP contribution in [-0.2, 0) is 4.79 Å². The van der Waals surface area contributed by atoms with Crippen molar-refractivity contribution in [3.05, 3.63) is 52.0 Å². The molecule has 0 radical (unpaired) electrons. The van der Waals surface area contributed by atoms with Crippen LogP contribution in [0.25, 0.3) is 0 Å². The lowest BCUT2D eigenvalue weighted by Crippen LogP contribution is -2.39. The van der Waals surface area contributed by atoms with Crippen LogP contribution < -0.4 is 20.1 Å². The molecule has 0 aliphatic heterocycles. The molecule has 2 unspecified atom stereocenters. The van der Waals surface area contributed by atoms with Crippen LogP contribution in [0.1, 0.15) is 31.0 Å². The summed E-state index contributed by atoms with van der Waals surface area (Å²) in [4.78, 5) is 12.6. The molecule has 26 heavy (non-hydrogen) atoms. The van der Waals surface area contributed by atoms with Crippen LogP contribution in [0, 0.1) is 6.92 Å². The van der Waals surface area contributed by atoms with Gasteiger partial charge in [0, 0.05) is 6.04 Å². The molecule has 0 heterocycles. The number of carbonyl (C=O) groups is 1. The van der Waals surface area contributed by atoms with E-state index in [1.807, 2.05) is 57.2 Å². The standard InChI is InChI=1S/C20H25BrN2O3/c1-12-6-8-19(26-5)17(10-12)23-20(24)14(3)22-13(2)15-7-9-18(25-4)16(21)11-15/h6-11,13-14,22H,1-5H3,(H,23,24). The highest BCUT2D eigenvalue weighted by atomic mass is 79.9. The Balaban J connectivity index is 2.04. The van der Waals surface area contributed by atoms with E-state index in [0.29, 0.717) is 11.4 Å².